The Bertz CT molecular complexity index is 527. The number of fused-ring (bicyclic) bond motifs is 1. The van der Waals surface area contributed by atoms with Crippen LogP contribution in [0.2, 0.25) is 0 Å². The van der Waals surface area contributed by atoms with Crippen LogP contribution < -0.4 is 5.32 Å². The van der Waals surface area contributed by atoms with Gasteiger partial charge in [-0.3, -0.25) is 4.79 Å². The SMILES string of the molecule is CCOC(=O)C1(NCCCN=[N+]=[N-])Cc2ccccc2C1. The molecule has 112 valence electrons. The molecule has 0 saturated carbocycles. The van der Waals surface area contributed by atoms with Gasteiger partial charge in [0.1, 0.15) is 5.54 Å². The van der Waals surface area contributed by atoms with Crippen molar-refractivity contribution < 1.29 is 9.53 Å². The van der Waals surface area contributed by atoms with Crippen molar-refractivity contribution in [1.82, 2.24) is 5.32 Å². The molecule has 0 aromatic heterocycles. The first-order valence-electron chi connectivity index (χ1n) is 7.22. The Morgan fingerprint density at radius 1 is 1.43 bits per heavy atom. The summed E-state index contributed by atoms with van der Waals surface area (Å²) in [5.74, 6) is -0.204. The number of hydrogen-bond donors (Lipinski definition) is 1. The van der Waals surface area contributed by atoms with Gasteiger partial charge in [-0.1, -0.05) is 29.4 Å². The van der Waals surface area contributed by atoms with Gasteiger partial charge in [-0.15, -0.1) is 0 Å². The van der Waals surface area contributed by atoms with Crippen LogP contribution in [0.5, 0.6) is 0 Å². The Morgan fingerprint density at radius 2 is 2.10 bits per heavy atom. The molecule has 0 radical (unpaired) electrons. The van der Waals surface area contributed by atoms with Crippen molar-refractivity contribution in [2.24, 2.45) is 5.11 Å². The zero-order chi connectivity index (χ0) is 15.1. The van der Waals surface area contributed by atoms with E-state index >= 15 is 0 Å². The molecule has 0 saturated heterocycles. The second kappa shape index (κ2) is 7.11. The van der Waals surface area contributed by atoms with Gasteiger partial charge >= 0.3 is 5.97 Å². The summed E-state index contributed by atoms with van der Waals surface area (Å²) in [5.41, 5.74) is 9.96. The molecular weight excluding hydrogens is 268 g/mol. The van der Waals surface area contributed by atoms with Gasteiger partial charge in [0.25, 0.3) is 0 Å². The van der Waals surface area contributed by atoms with Crippen LogP contribution in [-0.4, -0.2) is 31.2 Å². The van der Waals surface area contributed by atoms with Crippen LogP contribution in [0.15, 0.2) is 29.4 Å². The largest absolute Gasteiger partial charge is 0.465 e. The van der Waals surface area contributed by atoms with E-state index < -0.39 is 5.54 Å². The van der Waals surface area contributed by atoms with E-state index in [1.54, 1.807) is 0 Å². The number of nitrogens with one attached hydrogen (secondary N) is 1. The minimum atomic E-state index is -0.684. The molecule has 2 rings (SSSR count). The normalized spacial score (nSPS) is 15.1. The van der Waals surface area contributed by atoms with Crippen LogP contribution in [0.25, 0.3) is 10.4 Å². The summed E-state index contributed by atoms with van der Waals surface area (Å²) >= 11 is 0. The van der Waals surface area contributed by atoms with Crippen molar-refractivity contribution in [3.05, 3.63) is 45.8 Å². The lowest BCUT2D eigenvalue weighted by Crippen LogP contribution is -2.54. The van der Waals surface area contributed by atoms with E-state index in [-0.39, 0.29) is 5.97 Å². The maximum absolute atomic E-state index is 12.4. The Labute approximate surface area is 124 Å². The number of benzene rings is 1. The van der Waals surface area contributed by atoms with Crippen molar-refractivity contribution in [3.63, 3.8) is 0 Å². The second-order valence-corrected chi connectivity index (χ2v) is 5.16. The number of carbonyl (C=O) groups is 1. The van der Waals surface area contributed by atoms with E-state index in [4.69, 9.17) is 10.3 Å². The minimum Gasteiger partial charge on any atom is -0.465 e. The average molecular weight is 288 g/mol. The van der Waals surface area contributed by atoms with E-state index in [1.807, 2.05) is 19.1 Å². The van der Waals surface area contributed by atoms with Crippen LogP contribution in [0.1, 0.15) is 24.5 Å². The molecule has 1 N–H and O–H groups in total. The van der Waals surface area contributed by atoms with Crippen molar-refractivity contribution in [1.29, 1.82) is 0 Å². The summed E-state index contributed by atoms with van der Waals surface area (Å²) < 4.78 is 5.26. The molecule has 0 amide bonds. The predicted octanol–water partition coefficient (Wildman–Crippen LogP) is 2.38. The maximum atomic E-state index is 12.4. The van der Waals surface area contributed by atoms with Crippen molar-refractivity contribution in [2.75, 3.05) is 19.7 Å². The number of nitrogens with zero attached hydrogens (tertiary/aromatic N) is 3. The Balaban J connectivity index is 2.07. The molecule has 0 atom stereocenters. The van der Waals surface area contributed by atoms with Gasteiger partial charge in [0, 0.05) is 24.3 Å². The summed E-state index contributed by atoms with van der Waals surface area (Å²) in [4.78, 5) is 15.1. The van der Waals surface area contributed by atoms with Gasteiger partial charge in [-0.2, -0.15) is 0 Å². The standard InChI is InChI=1S/C15H20N4O2/c1-2-21-14(20)15(17-8-5-9-18-19-16)10-12-6-3-4-7-13(12)11-15/h3-4,6-7,17H,2,5,8-11H2,1H3. The summed E-state index contributed by atoms with van der Waals surface area (Å²) in [6.45, 7) is 3.23. The number of carbonyl (C=O) groups excluding carboxylic acids is 1. The molecule has 1 aromatic rings. The van der Waals surface area contributed by atoms with Crippen LogP contribution in [0.3, 0.4) is 0 Å². The molecule has 6 nitrogen and oxygen atoms in total. The molecule has 21 heavy (non-hydrogen) atoms. The third-order valence-electron chi connectivity index (χ3n) is 3.73. The highest BCUT2D eigenvalue weighted by molar-refractivity contribution is 5.83. The van der Waals surface area contributed by atoms with Gasteiger partial charge in [0.2, 0.25) is 0 Å². The van der Waals surface area contributed by atoms with Crippen LogP contribution in [0.4, 0.5) is 0 Å². The Kier molecular flexibility index (Phi) is 5.20. The maximum Gasteiger partial charge on any atom is 0.327 e. The summed E-state index contributed by atoms with van der Waals surface area (Å²) in [6.07, 6.45) is 1.98. The highest BCUT2D eigenvalue weighted by Crippen LogP contribution is 2.31. The van der Waals surface area contributed by atoms with Gasteiger partial charge in [0.15, 0.2) is 0 Å². The number of esters is 1. The number of hydrogen-bond acceptors (Lipinski definition) is 4. The second-order valence-electron chi connectivity index (χ2n) is 5.16. The van der Waals surface area contributed by atoms with E-state index in [1.165, 1.54) is 11.1 Å². The predicted molar refractivity (Wildman–Crippen MR) is 79.8 cm³/mol. The van der Waals surface area contributed by atoms with E-state index in [9.17, 15) is 4.79 Å². The molecule has 0 fully saturated rings. The first kappa shape index (κ1) is 15.4. The minimum absolute atomic E-state index is 0.204. The highest BCUT2D eigenvalue weighted by atomic mass is 16.5. The van der Waals surface area contributed by atoms with Crippen molar-refractivity contribution in [2.45, 2.75) is 31.7 Å². The molecular formula is C15H20N4O2. The zero-order valence-corrected chi connectivity index (χ0v) is 12.2. The molecule has 6 heteroatoms. The van der Waals surface area contributed by atoms with Crippen LogP contribution in [0, 0.1) is 0 Å². The van der Waals surface area contributed by atoms with Crippen LogP contribution in [-0.2, 0) is 22.4 Å². The monoisotopic (exact) mass is 288 g/mol. The summed E-state index contributed by atoms with van der Waals surface area (Å²) in [6, 6.07) is 8.08. The number of rotatable bonds is 7. The van der Waals surface area contributed by atoms with Gasteiger partial charge in [0.05, 0.1) is 6.61 Å². The molecule has 0 bridgehead atoms. The van der Waals surface area contributed by atoms with E-state index in [2.05, 4.69) is 27.5 Å². The number of azide groups is 1. The van der Waals surface area contributed by atoms with Crippen LogP contribution >= 0.6 is 0 Å². The topological polar surface area (TPSA) is 87.1 Å². The first-order valence-corrected chi connectivity index (χ1v) is 7.22. The fourth-order valence-corrected chi connectivity index (χ4v) is 2.75. The fraction of sp³-hybridized carbons (Fsp3) is 0.533. The quantitative estimate of drug-likeness (QED) is 0.275. The third-order valence-corrected chi connectivity index (χ3v) is 3.73. The summed E-state index contributed by atoms with van der Waals surface area (Å²) in [5, 5.41) is 6.83. The Morgan fingerprint density at radius 3 is 2.67 bits per heavy atom. The molecule has 0 spiro atoms. The smallest absolute Gasteiger partial charge is 0.327 e. The molecule has 1 aliphatic carbocycles. The average Bonchev–Trinajstić information content (AvgIpc) is 2.87. The van der Waals surface area contributed by atoms with E-state index in [0.717, 1.165) is 0 Å². The van der Waals surface area contributed by atoms with E-state index in [0.29, 0.717) is 39.0 Å². The summed E-state index contributed by atoms with van der Waals surface area (Å²) in [7, 11) is 0. The number of ether oxygens (including phenoxy) is 1. The fourth-order valence-electron chi connectivity index (χ4n) is 2.75. The lowest BCUT2D eigenvalue weighted by Gasteiger charge is -2.28. The third kappa shape index (κ3) is 3.54. The van der Waals surface area contributed by atoms with Crippen molar-refractivity contribution >= 4 is 5.97 Å². The zero-order valence-electron chi connectivity index (χ0n) is 12.2. The highest BCUT2D eigenvalue weighted by Gasteiger charge is 2.44. The Hall–Kier alpha value is -2.04. The lowest BCUT2D eigenvalue weighted by atomic mass is 9.95. The van der Waals surface area contributed by atoms with Gasteiger partial charge in [-0.25, -0.2) is 0 Å². The van der Waals surface area contributed by atoms with Gasteiger partial charge < -0.3 is 10.1 Å². The van der Waals surface area contributed by atoms with Gasteiger partial charge in [-0.05, 0) is 36.5 Å². The molecule has 0 aliphatic heterocycles. The van der Waals surface area contributed by atoms with Crippen molar-refractivity contribution in [3.8, 4) is 0 Å². The molecule has 1 aromatic carbocycles. The molecule has 1 aliphatic rings. The molecule has 0 heterocycles. The molecule has 0 unspecified atom stereocenters. The lowest BCUT2D eigenvalue weighted by molar-refractivity contribution is -0.150. The first-order chi connectivity index (χ1) is 10.2.